The Bertz CT molecular complexity index is 877. The second-order valence-electron chi connectivity index (χ2n) is 6.08. The van der Waals surface area contributed by atoms with Crippen LogP contribution in [0.25, 0.3) is 10.8 Å². The summed E-state index contributed by atoms with van der Waals surface area (Å²) < 4.78 is 6.79. The minimum absolute atomic E-state index is 0.132. The Morgan fingerprint density at radius 3 is 2.87 bits per heavy atom. The van der Waals surface area contributed by atoms with Crippen LogP contribution in [0.15, 0.2) is 39.8 Å². The van der Waals surface area contributed by atoms with E-state index in [-0.39, 0.29) is 12.1 Å². The monoisotopic (exact) mass is 310 g/mol. The zero-order chi connectivity index (χ0) is 15.6. The summed E-state index contributed by atoms with van der Waals surface area (Å²) in [6, 6.07) is 7.43. The normalized spacial score (nSPS) is 16.0. The zero-order valence-corrected chi connectivity index (χ0v) is 12.8. The third-order valence-corrected chi connectivity index (χ3v) is 4.49. The maximum atomic E-state index is 12.5. The van der Waals surface area contributed by atoms with E-state index >= 15 is 0 Å². The fraction of sp³-hybridized carbons (Fsp3) is 0.412. The Hall–Kier alpha value is -2.50. The summed E-state index contributed by atoms with van der Waals surface area (Å²) >= 11 is 0. The molecule has 2 heterocycles. The average Bonchev–Trinajstić information content (AvgIpc) is 3.07. The van der Waals surface area contributed by atoms with Gasteiger partial charge in [0.15, 0.2) is 5.82 Å². The molecule has 0 amide bonds. The molecule has 1 aliphatic rings. The second-order valence-corrected chi connectivity index (χ2v) is 6.08. The Labute approximate surface area is 133 Å². The van der Waals surface area contributed by atoms with Gasteiger partial charge in [0.25, 0.3) is 5.56 Å². The summed E-state index contributed by atoms with van der Waals surface area (Å²) in [6.45, 7) is 0.236. The first-order chi connectivity index (χ1) is 11.3. The third kappa shape index (κ3) is 2.76. The number of nitrogens with zero attached hydrogens (tertiary/aromatic N) is 4. The third-order valence-electron chi connectivity index (χ3n) is 4.49. The van der Waals surface area contributed by atoms with Crippen LogP contribution < -0.4 is 5.56 Å². The number of benzene rings is 1. The van der Waals surface area contributed by atoms with Gasteiger partial charge in [-0.15, -0.1) is 0 Å². The van der Waals surface area contributed by atoms with Crippen LogP contribution in [-0.2, 0) is 6.54 Å². The Morgan fingerprint density at radius 2 is 2.00 bits per heavy atom. The van der Waals surface area contributed by atoms with Gasteiger partial charge in [0.2, 0.25) is 5.89 Å². The molecule has 1 saturated carbocycles. The van der Waals surface area contributed by atoms with Gasteiger partial charge in [-0.25, -0.2) is 4.68 Å². The number of rotatable bonds is 3. The van der Waals surface area contributed by atoms with Crippen molar-refractivity contribution in [3.63, 3.8) is 0 Å². The van der Waals surface area contributed by atoms with E-state index < -0.39 is 0 Å². The topological polar surface area (TPSA) is 73.8 Å². The number of hydrogen-bond acceptors (Lipinski definition) is 5. The molecule has 0 N–H and O–H groups in total. The van der Waals surface area contributed by atoms with Crippen LogP contribution >= 0.6 is 0 Å². The highest BCUT2D eigenvalue weighted by atomic mass is 16.5. The van der Waals surface area contributed by atoms with Gasteiger partial charge in [-0.3, -0.25) is 4.79 Å². The maximum Gasteiger partial charge on any atom is 0.275 e. The predicted molar refractivity (Wildman–Crippen MR) is 85.2 cm³/mol. The summed E-state index contributed by atoms with van der Waals surface area (Å²) in [5, 5.41) is 9.72. The van der Waals surface area contributed by atoms with Crippen molar-refractivity contribution >= 4 is 10.8 Å². The number of aromatic nitrogens is 4. The van der Waals surface area contributed by atoms with E-state index in [1.54, 1.807) is 12.3 Å². The van der Waals surface area contributed by atoms with Crippen LogP contribution in [-0.4, -0.2) is 19.9 Å². The second kappa shape index (κ2) is 5.95. The van der Waals surface area contributed by atoms with Crippen molar-refractivity contribution in [1.29, 1.82) is 0 Å². The van der Waals surface area contributed by atoms with Crippen molar-refractivity contribution in [3.05, 3.63) is 52.5 Å². The molecule has 0 unspecified atom stereocenters. The van der Waals surface area contributed by atoms with Crippen LogP contribution in [0.2, 0.25) is 0 Å². The van der Waals surface area contributed by atoms with E-state index in [0.29, 0.717) is 23.0 Å². The van der Waals surface area contributed by atoms with Gasteiger partial charge in [-0.05, 0) is 18.9 Å². The van der Waals surface area contributed by atoms with Crippen LogP contribution in [0.5, 0.6) is 0 Å². The molecule has 4 rings (SSSR count). The quantitative estimate of drug-likeness (QED) is 0.743. The molecular weight excluding hydrogens is 292 g/mol. The smallest absolute Gasteiger partial charge is 0.275 e. The largest absolute Gasteiger partial charge is 0.339 e. The van der Waals surface area contributed by atoms with Gasteiger partial charge >= 0.3 is 0 Å². The molecule has 23 heavy (non-hydrogen) atoms. The number of fused-ring (bicyclic) bond motifs is 1. The van der Waals surface area contributed by atoms with Crippen molar-refractivity contribution in [2.75, 3.05) is 0 Å². The van der Waals surface area contributed by atoms with E-state index in [4.69, 9.17) is 4.52 Å². The van der Waals surface area contributed by atoms with Crippen LogP contribution in [0.3, 0.4) is 0 Å². The van der Waals surface area contributed by atoms with Crippen LogP contribution in [0.1, 0.15) is 49.7 Å². The Kier molecular flexibility index (Phi) is 3.65. The summed E-state index contributed by atoms with van der Waals surface area (Å²) in [7, 11) is 0. The van der Waals surface area contributed by atoms with Crippen molar-refractivity contribution in [3.8, 4) is 0 Å². The van der Waals surface area contributed by atoms with Gasteiger partial charge in [-0.1, -0.05) is 42.6 Å². The first-order valence-electron chi connectivity index (χ1n) is 8.08. The fourth-order valence-corrected chi connectivity index (χ4v) is 3.22. The first kappa shape index (κ1) is 14.1. The summed E-state index contributed by atoms with van der Waals surface area (Å²) in [5.41, 5.74) is -0.132. The van der Waals surface area contributed by atoms with Crippen LogP contribution in [0.4, 0.5) is 0 Å². The number of hydrogen-bond donors (Lipinski definition) is 0. The highest BCUT2D eigenvalue weighted by Crippen LogP contribution is 2.31. The Morgan fingerprint density at radius 1 is 1.17 bits per heavy atom. The molecule has 6 nitrogen and oxygen atoms in total. The molecule has 6 heteroatoms. The standard InChI is InChI=1S/C17H18N4O2/c22-17-14-9-5-4-8-13(14)10-18-21(17)11-15-19-16(23-20-15)12-6-2-1-3-7-12/h4-5,8-10,12H,1-3,6-7,11H2. The van der Waals surface area contributed by atoms with E-state index in [9.17, 15) is 4.79 Å². The molecule has 0 saturated heterocycles. The Balaban J connectivity index is 1.60. The minimum atomic E-state index is -0.132. The highest BCUT2D eigenvalue weighted by Gasteiger charge is 2.21. The lowest BCUT2D eigenvalue weighted by molar-refractivity contribution is 0.311. The lowest BCUT2D eigenvalue weighted by atomic mass is 9.89. The van der Waals surface area contributed by atoms with E-state index in [0.717, 1.165) is 18.2 Å². The van der Waals surface area contributed by atoms with Gasteiger partial charge < -0.3 is 4.52 Å². The molecule has 2 aromatic heterocycles. The van der Waals surface area contributed by atoms with Gasteiger partial charge in [-0.2, -0.15) is 10.1 Å². The molecule has 118 valence electrons. The van der Waals surface area contributed by atoms with Crippen molar-refractivity contribution < 1.29 is 4.52 Å². The van der Waals surface area contributed by atoms with Gasteiger partial charge in [0.05, 0.1) is 11.6 Å². The summed E-state index contributed by atoms with van der Waals surface area (Å²) in [4.78, 5) is 16.9. The molecule has 0 atom stereocenters. The van der Waals surface area contributed by atoms with E-state index in [1.807, 2.05) is 18.2 Å². The average molecular weight is 310 g/mol. The lowest BCUT2D eigenvalue weighted by Crippen LogP contribution is -2.23. The zero-order valence-electron chi connectivity index (χ0n) is 12.8. The molecule has 0 radical (unpaired) electrons. The predicted octanol–water partition coefficient (Wildman–Crippen LogP) is 2.88. The summed E-state index contributed by atoms with van der Waals surface area (Å²) in [5.74, 6) is 1.58. The fourth-order valence-electron chi connectivity index (χ4n) is 3.22. The van der Waals surface area contributed by atoms with Crippen molar-refractivity contribution in [1.82, 2.24) is 19.9 Å². The van der Waals surface area contributed by atoms with E-state index in [2.05, 4.69) is 15.2 Å². The summed E-state index contributed by atoms with van der Waals surface area (Å²) in [6.07, 6.45) is 7.63. The van der Waals surface area contributed by atoms with Gasteiger partial charge in [0.1, 0.15) is 6.54 Å². The molecular formula is C17H18N4O2. The minimum Gasteiger partial charge on any atom is -0.339 e. The highest BCUT2D eigenvalue weighted by molar-refractivity contribution is 5.80. The SMILES string of the molecule is O=c1c2ccccc2cnn1Cc1noc(C2CCCCC2)n1. The van der Waals surface area contributed by atoms with Gasteiger partial charge in [0, 0.05) is 11.3 Å². The van der Waals surface area contributed by atoms with Crippen LogP contribution in [0, 0.1) is 0 Å². The van der Waals surface area contributed by atoms with E-state index in [1.165, 1.54) is 23.9 Å². The molecule has 1 aliphatic carbocycles. The maximum absolute atomic E-state index is 12.5. The van der Waals surface area contributed by atoms with Crippen molar-refractivity contribution in [2.45, 2.75) is 44.6 Å². The molecule has 0 aliphatic heterocycles. The molecule has 0 bridgehead atoms. The molecule has 1 aromatic carbocycles. The first-order valence-corrected chi connectivity index (χ1v) is 8.08. The lowest BCUT2D eigenvalue weighted by Gasteiger charge is -2.17. The molecule has 0 spiro atoms. The van der Waals surface area contributed by atoms with Crippen molar-refractivity contribution in [2.24, 2.45) is 0 Å². The molecule has 1 fully saturated rings. The molecule has 3 aromatic rings.